The number of phenolic OH excluding ortho intramolecular Hbond substituents is 1. The van der Waals surface area contributed by atoms with Gasteiger partial charge in [0.15, 0.2) is 0 Å². The molecule has 0 unspecified atom stereocenters. The van der Waals surface area contributed by atoms with Gasteiger partial charge in [-0.25, -0.2) is 0 Å². The first-order chi connectivity index (χ1) is 10.6. The Balaban J connectivity index is 1.65. The van der Waals surface area contributed by atoms with Gasteiger partial charge in [-0.15, -0.1) is 0 Å². The van der Waals surface area contributed by atoms with Crippen LogP contribution in [-0.4, -0.2) is 5.11 Å². The Morgan fingerprint density at radius 1 is 0.818 bits per heavy atom. The van der Waals surface area contributed by atoms with Crippen molar-refractivity contribution in [3.8, 4) is 5.75 Å². The summed E-state index contributed by atoms with van der Waals surface area (Å²) < 4.78 is 0. The predicted octanol–water partition coefficient (Wildman–Crippen LogP) is 5.36. The molecule has 4 aliphatic carbocycles. The molecular formula is C21H28O. The van der Waals surface area contributed by atoms with Crippen LogP contribution in [0.1, 0.15) is 80.9 Å². The number of aromatic hydroxyl groups is 1. The minimum Gasteiger partial charge on any atom is -0.507 e. The van der Waals surface area contributed by atoms with Gasteiger partial charge in [0.2, 0.25) is 0 Å². The highest BCUT2D eigenvalue weighted by Crippen LogP contribution is 2.61. The lowest BCUT2D eigenvalue weighted by atomic mass is 9.71. The third-order valence-electron chi connectivity index (χ3n) is 7.88. The monoisotopic (exact) mass is 296 g/mol. The molecular weight excluding hydrogens is 268 g/mol. The summed E-state index contributed by atoms with van der Waals surface area (Å²) in [5.74, 6) is 2.57. The van der Waals surface area contributed by atoms with Crippen molar-refractivity contribution in [2.24, 2.45) is 11.8 Å². The van der Waals surface area contributed by atoms with E-state index in [1.807, 2.05) is 0 Å². The average molecular weight is 296 g/mol. The fourth-order valence-electron chi connectivity index (χ4n) is 6.73. The normalized spacial score (nSPS) is 42.4. The fourth-order valence-corrected chi connectivity index (χ4v) is 6.73. The van der Waals surface area contributed by atoms with Crippen molar-refractivity contribution in [1.82, 2.24) is 0 Å². The Bertz CT molecular complexity index is 562. The van der Waals surface area contributed by atoms with Crippen LogP contribution in [0, 0.1) is 18.8 Å². The van der Waals surface area contributed by atoms with Crippen LogP contribution in [0.4, 0.5) is 0 Å². The van der Waals surface area contributed by atoms with Gasteiger partial charge in [-0.3, -0.25) is 0 Å². The van der Waals surface area contributed by atoms with E-state index in [1.54, 1.807) is 0 Å². The molecule has 22 heavy (non-hydrogen) atoms. The van der Waals surface area contributed by atoms with E-state index in [2.05, 4.69) is 19.1 Å². The van der Waals surface area contributed by atoms with Gasteiger partial charge in [0.05, 0.1) is 0 Å². The minimum absolute atomic E-state index is 0.322. The summed E-state index contributed by atoms with van der Waals surface area (Å²) >= 11 is 0. The van der Waals surface area contributed by atoms with Gasteiger partial charge in [0.25, 0.3) is 0 Å². The van der Waals surface area contributed by atoms with E-state index in [-0.39, 0.29) is 0 Å². The average Bonchev–Trinajstić information content (AvgIpc) is 3.29. The molecule has 1 aromatic carbocycles. The summed E-state index contributed by atoms with van der Waals surface area (Å²) in [6, 6.07) is 4.65. The van der Waals surface area contributed by atoms with Crippen LogP contribution in [0.15, 0.2) is 12.1 Å². The lowest BCUT2D eigenvalue weighted by molar-refractivity contribution is 0.363. The molecule has 0 aliphatic heterocycles. The zero-order valence-electron chi connectivity index (χ0n) is 13.8. The molecule has 118 valence electrons. The van der Waals surface area contributed by atoms with Crippen LogP contribution in [-0.2, 0) is 10.8 Å². The van der Waals surface area contributed by atoms with Crippen LogP contribution in [0.25, 0.3) is 0 Å². The SMILES string of the molecule is Cc1cc(C23CCC(CC2)C3)c(O)c(C23CCC(CC2)C3)c1. The summed E-state index contributed by atoms with van der Waals surface area (Å²) in [5.41, 5.74) is 4.67. The number of fused-ring (bicyclic) bond motifs is 4. The molecule has 0 aromatic heterocycles. The number of rotatable bonds is 2. The van der Waals surface area contributed by atoms with Crippen molar-refractivity contribution >= 4 is 0 Å². The molecule has 1 aromatic rings. The molecule has 4 aliphatic rings. The quantitative estimate of drug-likeness (QED) is 0.778. The van der Waals surface area contributed by atoms with Gasteiger partial charge in [-0.1, -0.05) is 17.7 Å². The zero-order valence-corrected chi connectivity index (χ0v) is 13.8. The van der Waals surface area contributed by atoms with Gasteiger partial charge in [-0.05, 0) is 93.8 Å². The number of phenols is 1. The standard InChI is InChI=1S/C21H28O/c1-14-10-17(20-6-2-15(12-20)3-7-20)19(22)18(11-14)21-8-4-16(13-21)5-9-21/h10-11,15-16,22H,2-9,12-13H2,1H3. The maximum atomic E-state index is 11.3. The van der Waals surface area contributed by atoms with Crippen LogP contribution in [0.3, 0.4) is 0 Å². The molecule has 0 saturated heterocycles. The Hall–Kier alpha value is -0.980. The van der Waals surface area contributed by atoms with Crippen LogP contribution >= 0.6 is 0 Å². The summed E-state index contributed by atoms with van der Waals surface area (Å²) in [4.78, 5) is 0. The molecule has 4 bridgehead atoms. The predicted molar refractivity (Wildman–Crippen MR) is 89.3 cm³/mol. The first kappa shape index (κ1) is 13.5. The number of hydrogen-bond acceptors (Lipinski definition) is 1. The highest BCUT2D eigenvalue weighted by molar-refractivity contribution is 5.52. The molecule has 4 saturated carbocycles. The maximum absolute atomic E-state index is 11.3. The molecule has 0 heterocycles. The largest absolute Gasteiger partial charge is 0.507 e. The third kappa shape index (κ3) is 1.66. The molecule has 4 fully saturated rings. The van der Waals surface area contributed by atoms with Gasteiger partial charge >= 0.3 is 0 Å². The Morgan fingerprint density at radius 3 is 1.55 bits per heavy atom. The lowest BCUT2D eigenvalue weighted by Crippen LogP contribution is -2.24. The Labute approximate surface area is 134 Å². The minimum atomic E-state index is 0.322. The molecule has 1 N–H and O–H groups in total. The summed E-state index contributed by atoms with van der Waals surface area (Å²) in [6.07, 6.45) is 13.4. The molecule has 1 nitrogen and oxygen atoms in total. The second-order valence-corrected chi connectivity index (χ2v) is 9.06. The highest BCUT2D eigenvalue weighted by atomic mass is 16.3. The maximum Gasteiger partial charge on any atom is 0.123 e. The zero-order chi connectivity index (χ0) is 14.9. The molecule has 0 radical (unpaired) electrons. The van der Waals surface area contributed by atoms with Crippen LogP contribution in [0.5, 0.6) is 5.75 Å². The van der Waals surface area contributed by atoms with E-state index in [4.69, 9.17) is 0 Å². The van der Waals surface area contributed by atoms with Gasteiger partial charge in [0, 0.05) is 11.1 Å². The van der Waals surface area contributed by atoms with Crippen molar-refractivity contribution in [3.05, 3.63) is 28.8 Å². The van der Waals surface area contributed by atoms with Crippen LogP contribution < -0.4 is 0 Å². The van der Waals surface area contributed by atoms with Gasteiger partial charge in [0.1, 0.15) is 5.75 Å². The number of hydrogen-bond donors (Lipinski definition) is 1. The molecule has 1 heteroatoms. The first-order valence-electron chi connectivity index (χ1n) is 9.45. The lowest BCUT2D eigenvalue weighted by Gasteiger charge is -2.34. The molecule has 5 rings (SSSR count). The summed E-state index contributed by atoms with van der Waals surface area (Å²) in [5, 5.41) is 11.3. The number of benzene rings is 1. The number of aryl methyl sites for hydroxylation is 1. The molecule has 0 amide bonds. The Morgan fingerprint density at radius 2 is 1.23 bits per heavy atom. The van der Waals surface area contributed by atoms with Crippen LogP contribution in [0.2, 0.25) is 0 Å². The van der Waals surface area contributed by atoms with E-state index in [9.17, 15) is 5.11 Å². The fraction of sp³-hybridized carbons (Fsp3) is 0.714. The van der Waals surface area contributed by atoms with Gasteiger partial charge < -0.3 is 5.11 Å². The molecule has 0 spiro atoms. The highest BCUT2D eigenvalue weighted by Gasteiger charge is 2.50. The third-order valence-corrected chi connectivity index (χ3v) is 7.88. The van der Waals surface area contributed by atoms with E-state index in [1.165, 1.54) is 80.9 Å². The van der Waals surface area contributed by atoms with E-state index in [0.29, 0.717) is 16.6 Å². The topological polar surface area (TPSA) is 20.2 Å². The second kappa shape index (κ2) is 4.30. The van der Waals surface area contributed by atoms with Crippen molar-refractivity contribution in [2.75, 3.05) is 0 Å². The van der Waals surface area contributed by atoms with Crippen molar-refractivity contribution in [2.45, 2.75) is 82.0 Å². The summed E-state index contributed by atoms with van der Waals surface area (Å²) in [6.45, 7) is 2.24. The van der Waals surface area contributed by atoms with Crippen molar-refractivity contribution in [1.29, 1.82) is 0 Å². The first-order valence-corrected chi connectivity index (χ1v) is 9.45. The second-order valence-electron chi connectivity index (χ2n) is 9.06. The van der Waals surface area contributed by atoms with Gasteiger partial charge in [-0.2, -0.15) is 0 Å². The van der Waals surface area contributed by atoms with E-state index >= 15 is 0 Å². The van der Waals surface area contributed by atoms with E-state index < -0.39 is 0 Å². The summed E-state index contributed by atoms with van der Waals surface area (Å²) in [7, 11) is 0. The van der Waals surface area contributed by atoms with Crippen molar-refractivity contribution in [3.63, 3.8) is 0 Å². The van der Waals surface area contributed by atoms with E-state index in [0.717, 1.165) is 11.8 Å². The Kier molecular flexibility index (Phi) is 2.63. The van der Waals surface area contributed by atoms with Crippen molar-refractivity contribution < 1.29 is 5.11 Å². The smallest absolute Gasteiger partial charge is 0.123 e. The molecule has 0 atom stereocenters.